The number of carbonyl (C=O) groups excluding carboxylic acids is 2. The van der Waals surface area contributed by atoms with Crippen LogP contribution in [0.25, 0.3) is 0 Å². The van der Waals surface area contributed by atoms with Gasteiger partial charge >= 0.3 is 0 Å². The molecule has 1 aliphatic heterocycles. The number of hydrogen-bond acceptors (Lipinski definition) is 3. The maximum atomic E-state index is 12.6. The fourth-order valence-corrected chi connectivity index (χ4v) is 3.98. The highest BCUT2D eigenvalue weighted by molar-refractivity contribution is 9.10. The number of ether oxygens (including phenoxy) is 1. The fourth-order valence-electron chi connectivity index (χ4n) is 3.72. The fraction of sp³-hybridized carbons (Fsp3) is 0.300. The molecule has 0 bridgehead atoms. The molecule has 25 heavy (non-hydrogen) atoms. The molecule has 0 N–H and O–H groups in total. The molecule has 2 fully saturated rings. The Kier molecular flexibility index (Phi) is 4.34. The van der Waals surface area contributed by atoms with Gasteiger partial charge in [0.25, 0.3) is 0 Å². The summed E-state index contributed by atoms with van der Waals surface area (Å²) in [5.41, 5.74) is 0.632. The van der Waals surface area contributed by atoms with E-state index in [9.17, 15) is 9.59 Å². The molecule has 5 heteroatoms. The molecule has 0 spiro atoms. The van der Waals surface area contributed by atoms with Gasteiger partial charge in [0.2, 0.25) is 11.8 Å². The SMILES string of the molecule is O=C1[C@@H]2CCCC[C@H]2C(=O)N1c1ccc(Oc2ccc(Br)cc2)cc1. The highest BCUT2D eigenvalue weighted by Gasteiger charge is 2.48. The van der Waals surface area contributed by atoms with Crippen molar-refractivity contribution in [1.29, 1.82) is 0 Å². The Labute approximate surface area is 154 Å². The third-order valence-corrected chi connectivity index (χ3v) is 5.51. The summed E-state index contributed by atoms with van der Waals surface area (Å²) in [4.78, 5) is 26.6. The number of anilines is 1. The van der Waals surface area contributed by atoms with Crippen LogP contribution in [0.1, 0.15) is 25.7 Å². The summed E-state index contributed by atoms with van der Waals surface area (Å²) in [5.74, 6) is 1.06. The van der Waals surface area contributed by atoms with Gasteiger partial charge in [-0.2, -0.15) is 0 Å². The Morgan fingerprint density at radius 1 is 0.800 bits per heavy atom. The second-order valence-corrected chi connectivity index (χ2v) is 7.47. The van der Waals surface area contributed by atoms with Gasteiger partial charge in [0.05, 0.1) is 17.5 Å². The lowest BCUT2D eigenvalue weighted by molar-refractivity contribution is -0.122. The third kappa shape index (κ3) is 3.09. The van der Waals surface area contributed by atoms with Gasteiger partial charge in [0.1, 0.15) is 11.5 Å². The van der Waals surface area contributed by atoms with E-state index in [-0.39, 0.29) is 23.7 Å². The van der Waals surface area contributed by atoms with E-state index < -0.39 is 0 Å². The van der Waals surface area contributed by atoms with Crippen LogP contribution in [0.2, 0.25) is 0 Å². The van der Waals surface area contributed by atoms with E-state index in [0.717, 1.165) is 35.9 Å². The highest BCUT2D eigenvalue weighted by atomic mass is 79.9. The van der Waals surface area contributed by atoms with Crippen molar-refractivity contribution in [2.24, 2.45) is 11.8 Å². The van der Waals surface area contributed by atoms with Crippen molar-refractivity contribution in [3.05, 3.63) is 53.0 Å². The van der Waals surface area contributed by atoms with E-state index in [4.69, 9.17) is 4.74 Å². The van der Waals surface area contributed by atoms with E-state index >= 15 is 0 Å². The molecule has 2 atom stereocenters. The third-order valence-electron chi connectivity index (χ3n) is 4.99. The number of imide groups is 1. The number of hydrogen-bond donors (Lipinski definition) is 0. The number of benzene rings is 2. The molecule has 0 radical (unpaired) electrons. The van der Waals surface area contributed by atoms with Gasteiger partial charge in [-0.1, -0.05) is 28.8 Å². The summed E-state index contributed by atoms with van der Waals surface area (Å²) in [5, 5.41) is 0. The van der Waals surface area contributed by atoms with Gasteiger partial charge in [0.15, 0.2) is 0 Å². The van der Waals surface area contributed by atoms with Gasteiger partial charge < -0.3 is 4.74 Å². The van der Waals surface area contributed by atoms with Gasteiger partial charge in [-0.3, -0.25) is 14.5 Å². The molecule has 2 aromatic carbocycles. The van der Waals surface area contributed by atoms with Gasteiger partial charge in [-0.15, -0.1) is 0 Å². The maximum Gasteiger partial charge on any atom is 0.237 e. The Hall–Kier alpha value is -2.14. The molecule has 0 unspecified atom stereocenters. The average Bonchev–Trinajstić information content (AvgIpc) is 2.89. The van der Waals surface area contributed by atoms with Crippen LogP contribution in [0.3, 0.4) is 0 Å². The number of amides is 2. The van der Waals surface area contributed by atoms with Crippen LogP contribution >= 0.6 is 15.9 Å². The minimum absolute atomic E-state index is 0.0451. The normalized spacial score (nSPS) is 22.8. The molecular formula is C20H18BrNO3. The van der Waals surface area contributed by atoms with Crippen molar-refractivity contribution in [1.82, 2.24) is 0 Å². The second-order valence-electron chi connectivity index (χ2n) is 6.56. The highest BCUT2D eigenvalue weighted by Crippen LogP contribution is 2.40. The van der Waals surface area contributed by atoms with E-state index in [1.165, 1.54) is 4.90 Å². The molecule has 128 valence electrons. The minimum Gasteiger partial charge on any atom is -0.457 e. The Balaban J connectivity index is 1.53. The van der Waals surface area contributed by atoms with Gasteiger partial charge in [-0.25, -0.2) is 0 Å². The minimum atomic E-state index is -0.125. The van der Waals surface area contributed by atoms with Crippen LogP contribution in [0.5, 0.6) is 11.5 Å². The average molecular weight is 400 g/mol. The first kappa shape index (κ1) is 16.3. The second kappa shape index (κ2) is 6.64. The summed E-state index contributed by atoms with van der Waals surface area (Å²) >= 11 is 3.39. The molecule has 1 saturated carbocycles. The lowest BCUT2D eigenvalue weighted by Crippen LogP contribution is -2.30. The number of rotatable bonds is 3. The number of carbonyl (C=O) groups is 2. The first-order valence-electron chi connectivity index (χ1n) is 8.55. The molecular weight excluding hydrogens is 382 g/mol. The predicted molar refractivity (Wildman–Crippen MR) is 98.6 cm³/mol. The maximum absolute atomic E-state index is 12.6. The van der Waals surface area contributed by atoms with Crippen LogP contribution in [0.4, 0.5) is 5.69 Å². The monoisotopic (exact) mass is 399 g/mol. The first-order chi connectivity index (χ1) is 12.1. The molecule has 1 heterocycles. The quantitative estimate of drug-likeness (QED) is 0.687. The lowest BCUT2D eigenvalue weighted by Gasteiger charge is -2.19. The van der Waals surface area contributed by atoms with E-state index in [2.05, 4.69) is 15.9 Å². The molecule has 4 rings (SSSR count). The van der Waals surface area contributed by atoms with Crippen molar-refractivity contribution in [3.8, 4) is 11.5 Å². The molecule has 0 aromatic heterocycles. The molecule has 4 nitrogen and oxygen atoms in total. The van der Waals surface area contributed by atoms with Crippen LogP contribution in [0.15, 0.2) is 53.0 Å². The Morgan fingerprint density at radius 3 is 1.80 bits per heavy atom. The zero-order valence-electron chi connectivity index (χ0n) is 13.7. The smallest absolute Gasteiger partial charge is 0.237 e. The summed E-state index contributed by atoms with van der Waals surface area (Å²) in [6, 6.07) is 14.7. The summed E-state index contributed by atoms with van der Waals surface area (Å²) in [7, 11) is 0. The Morgan fingerprint density at radius 2 is 1.28 bits per heavy atom. The zero-order valence-corrected chi connectivity index (χ0v) is 15.2. The molecule has 1 saturated heterocycles. The molecule has 2 amide bonds. The van der Waals surface area contributed by atoms with E-state index in [0.29, 0.717) is 11.4 Å². The van der Waals surface area contributed by atoms with Crippen molar-refractivity contribution in [3.63, 3.8) is 0 Å². The largest absolute Gasteiger partial charge is 0.457 e. The zero-order chi connectivity index (χ0) is 17.4. The van der Waals surface area contributed by atoms with Crippen molar-refractivity contribution >= 4 is 33.4 Å². The molecule has 2 aromatic rings. The predicted octanol–water partition coefficient (Wildman–Crippen LogP) is 4.92. The van der Waals surface area contributed by atoms with Gasteiger partial charge in [0, 0.05) is 4.47 Å². The topological polar surface area (TPSA) is 46.6 Å². The van der Waals surface area contributed by atoms with Crippen LogP contribution in [0, 0.1) is 11.8 Å². The van der Waals surface area contributed by atoms with Crippen molar-refractivity contribution < 1.29 is 14.3 Å². The molecule has 1 aliphatic carbocycles. The van der Waals surface area contributed by atoms with Crippen molar-refractivity contribution in [2.75, 3.05) is 4.90 Å². The lowest BCUT2D eigenvalue weighted by atomic mass is 9.81. The van der Waals surface area contributed by atoms with E-state index in [1.807, 2.05) is 24.3 Å². The first-order valence-corrected chi connectivity index (χ1v) is 9.34. The van der Waals surface area contributed by atoms with Crippen LogP contribution in [-0.4, -0.2) is 11.8 Å². The van der Waals surface area contributed by atoms with E-state index in [1.54, 1.807) is 24.3 Å². The van der Waals surface area contributed by atoms with Crippen LogP contribution < -0.4 is 9.64 Å². The number of nitrogens with zero attached hydrogens (tertiary/aromatic N) is 1. The summed E-state index contributed by atoms with van der Waals surface area (Å²) < 4.78 is 6.78. The summed E-state index contributed by atoms with van der Waals surface area (Å²) in [6.45, 7) is 0. The summed E-state index contributed by atoms with van der Waals surface area (Å²) in [6.07, 6.45) is 3.73. The number of halogens is 1. The van der Waals surface area contributed by atoms with Crippen LogP contribution in [-0.2, 0) is 9.59 Å². The van der Waals surface area contributed by atoms with Gasteiger partial charge in [-0.05, 0) is 61.4 Å². The molecule has 2 aliphatic rings. The number of fused-ring (bicyclic) bond motifs is 1. The standard InChI is InChI=1S/C20H18BrNO3/c21-13-5-9-15(10-6-13)25-16-11-7-14(8-12-16)22-19(23)17-3-1-2-4-18(17)20(22)24/h5-12,17-18H,1-4H2/t17-,18-/m1/s1. The van der Waals surface area contributed by atoms with Crippen molar-refractivity contribution in [2.45, 2.75) is 25.7 Å². The Bertz CT molecular complexity index is 777.